The van der Waals surface area contributed by atoms with Crippen LogP contribution in [0, 0.1) is 16.7 Å². The second-order valence-electron chi connectivity index (χ2n) is 7.42. The van der Waals surface area contributed by atoms with E-state index in [1.807, 2.05) is 0 Å². The topological polar surface area (TPSA) is 94.9 Å². The lowest BCUT2D eigenvalue weighted by atomic mass is 9.69. The maximum atomic E-state index is 12.6. The number of carbonyl (C=O) groups is 1. The molecule has 1 heterocycles. The van der Waals surface area contributed by atoms with Crippen molar-refractivity contribution in [2.45, 2.75) is 51.4 Å². The molecule has 1 saturated heterocycles. The summed E-state index contributed by atoms with van der Waals surface area (Å²) in [5.74, 6) is -0.939. The van der Waals surface area contributed by atoms with E-state index in [9.17, 15) is 23.4 Å². The fourth-order valence-corrected chi connectivity index (χ4v) is 7.68. The summed E-state index contributed by atoms with van der Waals surface area (Å²) in [4.78, 5) is 12.5. The van der Waals surface area contributed by atoms with Gasteiger partial charge in [-0.2, -0.15) is 0 Å². The molecule has 0 aromatic heterocycles. The molecule has 6 nitrogen and oxygen atoms in total. The van der Waals surface area contributed by atoms with E-state index < -0.39 is 39.6 Å². The minimum Gasteiger partial charge on any atom is -0.389 e. The van der Waals surface area contributed by atoms with Crippen LogP contribution in [0.1, 0.15) is 33.1 Å². The number of fused-ring (bicyclic) bond motifs is 1. The van der Waals surface area contributed by atoms with Gasteiger partial charge in [0.05, 0.1) is 17.7 Å². The summed E-state index contributed by atoms with van der Waals surface area (Å²) in [5, 5.41) is 19.5. The summed E-state index contributed by atoms with van der Waals surface area (Å²) in [6, 6.07) is -0.407. The van der Waals surface area contributed by atoms with Gasteiger partial charge < -0.3 is 10.2 Å². The zero-order valence-electron chi connectivity index (χ0n) is 12.7. The van der Waals surface area contributed by atoms with Gasteiger partial charge in [-0.05, 0) is 30.6 Å². The molecule has 3 fully saturated rings. The Kier molecular flexibility index (Phi) is 3.61. The van der Waals surface area contributed by atoms with Crippen LogP contribution in [0.25, 0.3) is 0 Å². The molecule has 0 aromatic carbocycles. The highest BCUT2D eigenvalue weighted by Gasteiger charge is 2.72. The number of nitrogens with zero attached hydrogens (tertiary/aromatic N) is 1. The van der Waals surface area contributed by atoms with Crippen LogP contribution in [0.5, 0.6) is 0 Å². The van der Waals surface area contributed by atoms with Gasteiger partial charge in [-0.1, -0.05) is 13.8 Å². The van der Waals surface area contributed by atoms with E-state index >= 15 is 0 Å². The third-order valence-electron chi connectivity index (χ3n) is 6.40. The molecule has 22 heavy (non-hydrogen) atoms. The normalized spacial score (nSPS) is 40.5. The molecule has 1 spiro atoms. The average molecular weight is 352 g/mol. The van der Waals surface area contributed by atoms with Gasteiger partial charge in [0.1, 0.15) is 6.10 Å². The van der Waals surface area contributed by atoms with E-state index in [0.717, 1.165) is 17.1 Å². The minimum atomic E-state index is -3.78. The average Bonchev–Trinajstić information content (AvgIpc) is 2.91. The Bertz CT molecular complexity index is 606. The van der Waals surface area contributed by atoms with Gasteiger partial charge in [0, 0.05) is 5.41 Å². The Balaban J connectivity index is 1.99. The van der Waals surface area contributed by atoms with Crippen LogP contribution in [-0.2, 0) is 14.8 Å². The summed E-state index contributed by atoms with van der Waals surface area (Å²) >= 11 is 5.46. The quantitative estimate of drug-likeness (QED) is 0.714. The fraction of sp³-hybridized carbons (Fsp3) is 0.929. The number of rotatable bonds is 3. The van der Waals surface area contributed by atoms with E-state index in [-0.39, 0.29) is 17.0 Å². The third-order valence-corrected chi connectivity index (χ3v) is 8.63. The van der Waals surface area contributed by atoms with Crippen molar-refractivity contribution < 1.29 is 23.4 Å². The largest absolute Gasteiger partial charge is 0.389 e. The van der Waals surface area contributed by atoms with Crippen molar-refractivity contribution in [3.05, 3.63) is 0 Å². The number of sulfonamides is 1. The van der Waals surface area contributed by atoms with Crippen LogP contribution in [0.3, 0.4) is 0 Å². The molecule has 0 radical (unpaired) electrons. The maximum Gasteiger partial charge on any atom is 0.267 e. The first kappa shape index (κ1) is 16.5. The summed E-state index contributed by atoms with van der Waals surface area (Å²) in [6.07, 6.45) is -0.862. The number of halogens is 1. The Morgan fingerprint density at radius 2 is 2.05 bits per heavy atom. The van der Waals surface area contributed by atoms with E-state index in [1.165, 1.54) is 0 Å². The summed E-state index contributed by atoms with van der Waals surface area (Å²) in [7, 11) is -3.78. The summed E-state index contributed by atoms with van der Waals surface area (Å²) < 4.78 is 26.0. The third kappa shape index (κ3) is 1.85. The monoisotopic (exact) mass is 351 g/mol. The number of carbonyl (C=O) groups excluding carboxylic acids is 1. The molecular weight excluding hydrogens is 330 g/mol. The lowest BCUT2D eigenvalue weighted by Gasteiger charge is -2.37. The lowest BCUT2D eigenvalue weighted by Crippen LogP contribution is -2.51. The molecule has 0 aromatic rings. The highest BCUT2D eigenvalue weighted by Crippen LogP contribution is 2.70. The van der Waals surface area contributed by atoms with Gasteiger partial charge >= 0.3 is 0 Å². The number of alkyl halides is 1. The Morgan fingerprint density at radius 1 is 1.41 bits per heavy atom. The minimum absolute atomic E-state index is 0.0520. The van der Waals surface area contributed by atoms with Crippen LogP contribution < -0.4 is 0 Å². The Morgan fingerprint density at radius 3 is 2.59 bits per heavy atom. The molecule has 126 valence electrons. The first-order chi connectivity index (χ1) is 10.1. The Hall–Kier alpha value is -0.370. The van der Waals surface area contributed by atoms with Crippen molar-refractivity contribution >= 4 is 27.5 Å². The van der Waals surface area contributed by atoms with E-state index in [2.05, 4.69) is 13.8 Å². The van der Waals surface area contributed by atoms with Crippen molar-refractivity contribution in [3.63, 3.8) is 0 Å². The van der Waals surface area contributed by atoms with Gasteiger partial charge in [-0.25, -0.2) is 12.7 Å². The molecule has 1 amide bonds. The zero-order valence-corrected chi connectivity index (χ0v) is 14.3. The number of aliphatic hydroxyl groups is 2. The van der Waals surface area contributed by atoms with Crippen LogP contribution in [0.15, 0.2) is 0 Å². The molecular formula is C14H22ClNO5S. The van der Waals surface area contributed by atoms with E-state index in [0.29, 0.717) is 12.3 Å². The number of amides is 1. The van der Waals surface area contributed by atoms with Gasteiger partial charge in [0.25, 0.3) is 5.91 Å². The first-order valence-electron chi connectivity index (χ1n) is 7.56. The van der Waals surface area contributed by atoms with E-state index in [4.69, 9.17) is 11.6 Å². The molecule has 2 saturated carbocycles. The molecule has 2 N–H and O–H groups in total. The molecule has 3 rings (SSSR count). The molecule has 0 unspecified atom stereocenters. The molecule has 3 aliphatic rings. The Labute approximate surface area is 135 Å². The maximum absolute atomic E-state index is 12.6. The van der Waals surface area contributed by atoms with Gasteiger partial charge in [0.2, 0.25) is 10.0 Å². The highest BCUT2D eigenvalue weighted by atomic mass is 35.5. The van der Waals surface area contributed by atoms with Crippen LogP contribution in [0.4, 0.5) is 0 Å². The predicted molar refractivity (Wildman–Crippen MR) is 80.7 cm³/mol. The van der Waals surface area contributed by atoms with Gasteiger partial charge in [0.15, 0.2) is 6.10 Å². The van der Waals surface area contributed by atoms with Crippen LogP contribution in [-0.4, -0.2) is 58.7 Å². The predicted octanol–water partition coefficient (Wildman–Crippen LogP) is 0.314. The molecule has 1 aliphatic heterocycles. The summed E-state index contributed by atoms with van der Waals surface area (Å²) in [5.41, 5.74) is -0.576. The smallest absolute Gasteiger partial charge is 0.267 e. The number of aliphatic hydroxyl groups excluding tert-OH is 2. The van der Waals surface area contributed by atoms with Gasteiger partial charge in [-0.3, -0.25) is 4.79 Å². The molecule has 8 heteroatoms. The van der Waals surface area contributed by atoms with Crippen molar-refractivity contribution in [1.29, 1.82) is 0 Å². The number of hydrogen-bond acceptors (Lipinski definition) is 5. The van der Waals surface area contributed by atoms with Gasteiger partial charge in [-0.15, -0.1) is 11.6 Å². The van der Waals surface area contributed by atoms with Crippen LogP contribution in [0.2, 0.25) is 0 Å². The molecule has 2 bridgehead atoms. The SMILES string of the molecule is CC1(C)[C@@H]2CC[C@]13CS(=O)(=O)N(C(=O)[C@H](O)[C@@H](O)CCl)[C@@H]3C2. The highest BCUT2D eigenvalue weighted by molar-refractivity contribution is 7.90. The molecule has 5 atom stereocenters. The van der Waals surface area contributed by atoms with Crippen molar-refractivity contribution in [2.75, 3.05) is 11.6 Å². The standard InChI is InChI=1S/C14H22ClNO5S/c1-13(2)8-3-4-14(13)7-22(20,21)16(10(14)5-8)12(19)11(18)9(17)6-15/h8-11,17-18H,3-7H2,1-2H3/t8-,9+,10-,11-,14-/m1/s1. The second-order valence-corrected chi connectivity index (χ2v) is 9.58. The lowest BCUT2D eigenvalue weighted by molar-refractivity contribution is -0.142. The fourth-order valence-electron chi connectivity index (χ4n) is 4.96. The van der Waals surface area contributed by atoms with E-state index in [1.54, 1.807) is 0 Å². The molecule has 2 aliphatic carbocycles. The van der Waals surface area contributed by atoms with Crippen molar-refractivity contribution in [1.82, 2.24) is 4.31 Å². The first-order valence-corrected chi connectivity index (χ1v) is 9.71. The zero-order chi connectivity index (χ0) is 16.5. The van der Waals surface area contributed by atoms with Crippen LogP contribution >= 0.6 is 11.6 Å². The number of hydrogen-bond donors (Lipinski definition) is 2. The second kappa shape index (κ2) is 4.82. The van der Waals surface area contributed by atoms with Crippen molar-refractivity contribution in [2.24, 2.45) is 16.7 Å². The summed E-state index contributed by atoms with van der Waals surface area (Å²) in [6.45, 7) is 4.16. The van der Waals surface area contributed by atoms with Crippen molar-refractivity contribution in [3.8, 4) is 0 Å².